The summed E-state index contributed by atoms with van der Waals surface area (Å²) in [6.45, 7) is 0. The van der Waals surface area contributed by atoms with E-state index in [1.807, 2.05) is 0 Å². The summed E-state index contributed by atoms with van der Waals surface area (Å²) < 4.78 is 10.0. The van der Waals surface area contributed by atoms with E-state index in [4.69, 9.17) is 9.47 Å². The number of hydrogen-bond acceptors (Lipinski definition) is 6. The van der Waals surface area contributed by atoms with Crippen LogP contribution in [0.15, 0.2) is 47.6 Å². The zero-order chi connectivity index (χ0) is 18.9. The fourth-order valence-electron chi connectivity index (χ4n) is 2.07. The number of amides is 2. The summed E-state index contributed by atoms with van der Waals surface area (Å²) in [5, 5.41) is 16.2. The third-order valence-electron chi connectivity index (χ3n) is 3.32. The largest absolute Gasteiger partial charge is 0.504 e. The van der Waals surface area contributed by atoms with Gasteiger partial charge in [0, 0.05) is 17.3 Å². The SMILES string of the molecule is COc1cccc(NC(=O)CC(=O)NN=Cc2cccc(OC)c2O)c1. The Morgan fingerprint density at radius 1 is 1.12 bits per heavy atom. The van der Waals surface area contributed by atoms with Gasteiger partial charge in [-0.2, -0.15) is 5.10 Å². The number of hydrazone groups is 1. The number of carbonyl (C=O) groups excluding carboxylic acids is 2. The molecule has 2 aromatic rings. The molecule has 0 heterocycles. The first-order valence-corrected chi connectivity index (χ1v) is 7.65. The quantitative estimate of drug-likeness (QED) is 0.398. The van der Waals surface area contributed by atoms with Crippen molar-refractivity contribution in [2.24, 2.45) is 5.10 Å². The Labute approximate surface area is 150 Å². The van der Waals surface area contributed by atoms with E-state index in [1.165, 1.54) is 20.4 Å². The molecule has 0 unspecified atom stereocenters. The van der Waals surface area contributed by atoms with E-state index in [1.54, 1.807) is 42.5 Å². The van der Waals surface area contributed by atoms with Crippen molar-refractivity contribution in [1.29, 1.82) is 0 Å². The lowest BCUT2D eigenvalue weighted by molar-refractivity contribution is -0.126. The van der Waals surface area contributed by atoms with Gasteiger partial charge >= 0.3 is 0 Å². The predicted octanol–water partition coefficient (Wildman–Crippen LogP) is 1.89. The van der Waals surface area contributed by atoms with Gasteiger partial charge in [-0.3, -0.25) is 9.59 Å². The fraction of sp³-hybridized carbons (Fsp3) is 0.167. The Hall–Kier alpha value is -3.55. The average molecular weight is 357 g/mol. The third kappa shape index (κ3) is 5.23. The number of methoxy groups -OCH3 is 2. The van der Waals surface area contributed by atoms with Crippen molar-refractivity contribution in [1.82, 2.24) is 5.43 Å². The molecule has 0 saturated carbocycles. The molecule has 26 heavy (non-hydrogen) atoms. The normalized spacial score (nSPS) is 10.4. The maximum Gasteiger partial charge on any atom is 0.249 e. The summed E-state index contributed by atoms with van der Waals surface area (Å²) >= 11 is 0. The van der Waals surface area contributed by atoms with Gasteiger partial charge in [-0.1, -0.05) is 12.1 Å². The van der Waals surface area contributed by atoms with Crippen molar-refractivity contribution < 1.29 is 24.2 Å². The molecule has 2 amide bonds. The Bertz CT molecular complexity index is 820. The highest BCUT2D eigenvalue weighted by Gasteiger charge is 2.10. The summed E-state index contributed by atoms with van der Waals surface area (Å²) in [6, 6.07) is 11.6. The lowest BCUT2D eigenvalue weighted by Crippen LogP contribution is -2.24. The minimum absolute atomic E-state index is 0.0937. The molecule has 0 atom stereocenters. The van der Waals surface area contributed by atoms with Crippen molar-refractivity contribution in [3.63, 3.8) is 0 Å². The number of para-hydroxylation sites is 1. The second-order valence-corrected chi connectivity index (χ2v) is 5.15. The minimum Gasteiger partial charge on any atom is -0.504 e. The summed E-state index contributed by atoms with van der Waals surface area (Å²) in [5.74, 6) is -0.295. The smallest absolute Gasteiger partial charge is 0.249 e. The van der Waals surface area contributed by atoms with Crippen LogP contribution in [-0.4, -0.2) is 37.4 Å². The van der Waals surface area contributed by atoms with E-state index >= 15 is 0 Å². The van der Waals surface area contributed by atoms with E-state index in [-0.39, 0.29) is 11.5 Å². The average Bonchev–Trinajstić information content (AvgIpc) is 2.63. The van der Waals surface area contributed by atoms with Crippen LogP contribution in [0.2, 0.25) is 0 Å². The summed E-state index contributed by atoms with van der Waals surface area (Å²) in [4.78, 5) is 23.6. The number of nitrogens with zero attached hydrogens (tertiary/aromatic N) is 1. The molecule has 0 saturated heterocycles. The van der Waals surface area contributed by atoms with Crippen molar-refractivity contribution in [2.75, 3.05) is 19.5 Å². The van der Waals surface area contributed by atoms with Gasteiger partial charge in [-0.25, -0.2) is 5.43 Å². The van der Waals surface area contributed by atoms with Crippen molar-refractivity contribution in [3.8, 4) is 17.2 Å². The molecule has 136 valence electrons. The molecule has 2 rings (SSSR count). The molecular weight excluding hydrogens is 338 g/mol. The number of nitrogens with one attached hydrogen (secondary N) is 2. The third-order valence-corrected chi connectivity index (χ3v) is 3.32. The number of anilines is 1. The summed E-state index contributed by atoms with van der Waals surface area (Å²) in [6.07, 6.45) is 0.856. The van der Waals surface area contributed by atoms with Gasteiger partial charge in [0.2, 0.25) is 11.8 Å². The first kappa shape index (κ1) is 18.8. The molecule has 3 N–H and O–H groups in total. The maximum atomic E-state index is 11.9. The molecule has 8 nitrogen and oxygen atoms in total. The Balaban J connectivity index is 1.87. The van der Waals surface area contributed by atoms with Gasteiger partial charge in [0.25, 0.3) is 0 Å². The molecule has 0 radical (unpaired) electrons. The monoisotopic (exact) mass is 357 g/mol. The molecule has 0 spiro atoms. The first-order valence-electron chi connectivity index (χ1n) is 7.65. The highest BCUT2D eigenvalue weighted by Crippen LogP contribution is 2.27. The number of benzene rings is 2. The maximum absolute atomic E-state index is 11.9. The van der Waals surface area contributed by atoms with Gasteiger partial charge < -0.3 is 19.9 Å². The predicted molar refractivity (Wildman–Crippen MR) is 96.6 cm³/mol. The van der Waals surface area contributed by atoms with E-state index < -0.39 is 18.2 Å². The standard InChI is InChI=1S/C18H19N3O5/c1-25-14-7-4-6-13(9-14)20-16(22)10-17(23)21-19-11-12-5-3-8-15(26-2)18(12)24/h3-9,11,24H,10H2,1-2H3,(H,20,22)(H,21,23). The number of phenolic OH excluding ortho intramolecular Hbond substituents is 1. The highest BCUT2D eigenvalue weighted by molar-refractivity contribution is 6.03. The van der Waals surface area contributed by atoms with Crippen LogP contribution < -0.4 is 20.2 Å². The molecule has 0 aliphatic heterocycles. The van der Waals surface area contributed by atoms with Crippen molar-refractivity contribution >= 4 is 23.7 Å². The van der Waals surface area contributed by atoms with Crippen LogP contribution in [0.1, 0.15) is 12.0 Å². The van der Waals surface area contributed by atoms with Crippen LogP contribution in [0.4, 0.5) is 5.69 Å². The summed E-state index contributed by atoms with van der Waals surface area (Å²) in [7, 11) is 2.95. The lowest BCUT2D eigenvalue weighted by atomic mass is 10.2. The van der Waals surface area contributed by atoms with Crippen molar-refractivity contribution in [2.45, 2.75) is 6.42 Å². The molecule has 0 aliphatic carbocycles. The molecule has 0 fully saturated rings. The molecule has 0 aliphatic rings. The Morgan fingerprint density at radius 2 is 1.88 bits per heavy atom. The number of aromatic hydroxyl groups is 1. The Morgan fingerprint density at radius 3 is 2.62 bits per heavy atom. The number of ether oxygens (including phenoxy) is 2. The number of carbonyl (C=O) groups is 2. The minimum atomic E-state index is -0.593. The van der Waals surface area contributed by atoms with Gasteiger partial charge in [0.1, 0.15) is 12.2 Å². The first-order chi connectivity index (χ1) is 12.5. The van der Waals surface area contributed by atoms with Crippen LogP contribution in [0.25, 0.3) is 0 Å². The van der Waals surface area contributed by atoms with Gasteiger partial charge in [-0.05, 0) is 24.3 Å². The van der Waals surface area contributed by atoms with E-state index in [9.17, 15) is 14.7 Å². The van der Waals surface area contributed by atoms with Gasteiger partial charge in [-0.15, -0.1) is 0 Å². The lowest BCUT2D eigenvalue weighted by Gasteiger charge is -2.06. The van der Waals surface area contributed by atoms with Gasteiger partial charge in [0.05, 0.1) is 20.4 Å². The number of rotatable bonds is 7. The highest BCUT2D eigenvalue weighted by atomic mass is 16.5. The number of phenols is 1. The molecule has 8 heteroatoms. The fourth-order valence-corrected chi connectivity index (χ4v) is 2.07. The van der Waals surface area contributed by atoms with Crippen LogP contribution in [0, 0.1) is 0 Å². The zero-order valence-corrected chi connectivity index (χ0v) is 14.4. The molecule has 0 aromatic heterocycles. The van der Waals surface area contributed by atoms with Crippen molar-refractivity contribution in [3.05, 3.63) is 48.0 Å². The van der Waals surface area contributed by atoms with Crippen LogP contribution >= 0.6 is 0 Å². The van der Waals surface area contributed by atoms with E-state index in [0.29, 0.717) is 17.0 Å². The topological polar surface area (TPSA) is 109 Å². The summed E-state index contributed by atoms with van der Waals surface area (Å²) in [5.41, 5.74) is 3.11. The van der Waals surface area contributed by atoms with Crippen LogP contribution in [-0.2, 0) is 9.59 Å². The molecule has 2 aromatic carbocycles. The molecular formula is C18H19N3O5. The van der Waals surface area contributed by atoms with Crippen LogP contribution in [0.5, 0.6) is 17.2 Å². The van der Waals surface area contributed by atoms with Crippen LogP contribution in [0.3, 0.4) is 0 Å². The Kier molecular flexibility index (Phi) is 6.55. The van der Waals surface area contributed by atoms with Gasteiger partial charge in [0.15, 0.2) is 11.5 Å². The van der Waals surface area contributed by atoms with E-state index in [2.05, 4.69) is 15.8 Å². The number of hydrogen-bond donors (Lipinski definition) is 3. The van der Waals surface area contributed by atoms with E-state index in [0.717, 1.165) is 0 Å². The zero-order valence-electron chi connectivity index (χ0n) is 14.4. The molecule has 0 bridgehead atoms. The second kappa shape index (κ2) is 9.07. The second-order valence-electron chi connectivity index (χ2n) is 5.15.